The van der Waals surface area contributed by atoms with Gasteiger partial charge in [-0.15, -0.1) is 0 Å². The summed E-state index contributed by atoms with van der Waals surface area (Å²) >= 11 is 0. The van der Waals surface area contributed by atoms with E-state index in [2.05, 4.69) is 10.6 Å². The largest absolute Gasteiger partial charge is 0.491 e. The summed E-state index contributed by atoms with van der Waals surface area (Å²) in [6.45, 7) is 2.31. The molecule has 0 aliphatic heterocycles. The van der Waals surface area contributed by atoms with Gasteiger partial charge in [-0.25, -0.2) is 4.39 Å². The van der Waals surface area contributed by atoms with E-state index in [9.17, 15) is 14.0 Å². The van der Waals surface area contributed by atoms with Crippen LogP contribution in [0.5, 0.6) is 5.75 Å². The monoisotopic (exact) mass is 356 g/mol. The van der Waals surface area contributed by atoms with E-state index >= 15 is 0 Å². The zero-order valence-electron chi connectivity index (χ0n) is 14.5. The standard InChI is InChI=1S/C20H21FN2O3/c1-2-19(24)22-16-5-3-4-14(10-16)20(25)23-17-11-15(21)8-9-18(17)26-12-13-6-7-13/h3-5,8-11,13H,2,6-7,12H2,1H3,(H,22,24)(H,23,25). The van der Waals surface area contributed by atoms with Crippen LogP contribution in [-0.2, 0) is 4.79 Å². The highest BCUT2D eigenvalue weighted by Gasteiger charge is 2.22. The van der Waals surface area contributed by atoms with Crippen molar-refractivity contribution in [2.45, 2.75) is 26.2 Å². The number of rotatable bonds is 7. The second-order valence-electron chi connectivity index (χ2n) is 6.33. The average Bonchev–Trinajstić information content (AvgIpc) is 3.45. The first kappa shape index (κ1) is 17.9. The van der Waals surface area contributed by atoms with Crippen LogP contribution in [0.25, 0.3) is 0 Å². The SMILES string of the molecule is CCC(=O)Nc1cccc(C(=O)Nc2cc(F)ccc2OCC2CC2)c1. The summed E-state index contributed by atoms with van der Waals surface area (Å²) in [5, 5.41) is 5.40. The fourth-order valence-corrected chi connectivity index (χ4v) is 2.40. The first-order valence-electron chi connectivity index (χ1n) is 8.68. The van der Waals surface area contributed by atoms with Gasteiger partial charge in [0.25, 0.3) is 5.91 Å². The molecule has 6 heteroatoms. The van der Waals surface area contributed by atoms with Crippen molar-refractivity contribution < 1.29 is 18.7 Å². The molecule has 0 radical (unpaired) electrons. The molecule has 2 aromatic rings. The maximum Gasteiger partial charge on any atom is 0.255 e. The Bertz CT molecular complexity index is 818. The first-order valence-corrected chi connectivity index (χ1v) is 8.68. The molecule has 0 saturated heterocycles. The van der Waals surface area contributed by atoms with Crippen LogP contribution in [0.3, 0.4) is 0 Å². The summed E-state index contributed by atoms with van der Waals surface area (Å²) in [5.74, 6) is -0.00416. The summed E-state index contributed by atoms with van der Waals surface area (Å²) in [6, 6.07) is 10.6. The van der Waals surface area contributed by atoms with Crippen LogP contribution in [0, 0.1) is 11.7 Å². The smallest absolute Gasteiger partial charge is 0.255 e. The van der Waals surface area contributed by atoms with Crippen molar-refractivity contribution in [1.29, 1.82) is 0 Å². The number of ether oxygens (including phenoxy) is 1. The van der Waals surface area contributed by atoms with Gasteiger partial charge in [0.1, 0.15) is 11.6 Å². The molecule has 2 amide bonds. The Balaban J connectivity index is 1.73. The minimum Gasteiger partial charge on any atom is -0.491 e. The first-order chi connectivity index (χ1) is 12.5. The molecule has 0 aromatic heterocycles. The van der Waals surface area contributed by atoms with Crippen molar-refractivity contribution in [3.63, 3.8) is 0 Å². The molecular weight excluding hydrogens is 335 g/mol. The van der Waals surface area contributed by atoms with Crippen LogP contribution in [0.4, 0.5) is 15.8 Å². The molecule has 5 nitrogen and oxygen atoms in total. The highest BCUT2D eigenvalue weighted by atomic mass is 19.1. The van der Waals surface area contributed by atoms with Crippen molar-refractivity contribution in [3.8, 4) is 5.75 Å². The van der Waals surface area contributed by atoms with Crippen LogP contribution >= 0.6 is 0 Å². The van der Waals surface area contributed by atoms with Crippen LogP contribution in [0.2, 0.25) is 0 Å². The van der Waals surface area contributed by atoms with Gasteiger partial charge < -0.3 is 15.4 Å². The molecule has 3 rings (SSSR count). The number of nitrogens with one attached hydrogen (secondary N) is 2. The Morgan fingerprint density at radius 3 is 2.69 bits per heavy atom. The van der Waals surface area contributed by atoms with E-state index in [0.29, 0.717) is 41.6 Å². The fraction of sp³-hybridized carbons (Fsp3) is 0.300. The van der Waals surface area contributed by atoms with Crippen molar-refractivity contribution in [1.82, 2.24) is 0 Å². The molecule has 136 valence electrons. The molecule has 1 aliphatic rings. The zero-order chi connectivity index (χ0) is 18.5. The van der Waals surface area contributed by atoms with E-state index < -0.39 is 11.7 Å². The lowest BCUT2D eigenvalue weighted by molar-refractivity contribution is -0.115. The van der Waals surface area contributed by atoms with Crippen molar-refractivity contribution in [2.24, 2.45) is 5.92 Å². The average molecular weight is 356 g/mol. The highest BCUT2D eigenvalue weighted by Crippen LogP contribution is 2.32. The van der Waals surface area contributed by atoms with Crippen LogP contribution in [-0.4, -0.2) is 18.4 Å². The number of halogens is 1. The normalized spacial score (nSPS) is 13.2. The number of amides is 2. The Hall–Kier alpha value is -2.89. The maximum absolute atomic E-state index is 13.6. The molecule has 1 aliphatic carbocycles. The minimum atomic E-state index is -0.456. The van der Waals surface area contributed by atoms with Gasteiger partial charge >= 0.3 is 0 Å². The van der Waals surface area contributed by atoms with E-state index in [1.165, 1.54) is 18.2 Å². The Morgan fingerprint density at radius 2 is 1.96 bits per heavy atom. The van der Waals surface area contributed by atoms with E-state index in [4.69, 9.17) is 4.74 Å². The molecule has 0 atom stereocenters. The van der Waals surface area contributed by atoms with Gasteiger partial charge in [-0.05, 0) is 49.1 Å². The molecule has 2 aromatic carbocycles. The third-order valence-corrected chi connectivity index (χ3v) is 4.09. The van der Waals surface area contributed by atoms with Gasteiger partial charge in [-0.1, -0.05) is 13.0 Å². The number of hydrogen-bond donors (Lipinski definition) is 2. The van der Waals surface area contributed by atoms with E-state index in [1.807, 2.05) is 0 Å². The molecule has 2 N–H and O–H groups in total. The fourth-order valence-electron chi connectivity index (χ4n) is 2.40. The lowest BCUT2D eigenvalue weighted by atomic mass is 10.1. The van der Waals surface area contributed by atoms with E-state index in [1.54, 1.807) is 31.2 Å². The summed E-state index contributed by atoms with van der Waals surface area (Å²) < 4.78 is 19.3. The molecule has 1 fully saturated rings. The van der Waals surface area contributed by atoms with Crippen LogP contribution < -0.4 is 15.4 Å². The predicted octanol–water partition coefficient (Wildman–Crippen LogP) is 4.22. The lowest BCUT2D eigenvalue weighted by Gasteiger charge is -2.13. The van der Waals surface area contributed by atoms with E-state index in [0.717, 1.165) is 12.8 Å². The van der Waals surface area contributed by atoms with Gasteiger partial charge in [0.05, 0.1) is 12.3 Å². The summed E-state index contributed by atoms with van der Waals surface area (Å²) in [6.07, 6.45) is 2.62. The molecular formula is C20H21FN2O3. The second kappa shape index (κ2) is 7.99. The van der Waals surface area contributed by atoms with Crippen molar-refractivity contribution in [2.75, 3.05) is 17.2 Å². The summed E-state index contributed by atoms with van der Waals surface area (Å²) in [4.78, 5) is 24.0. The summed E-state index contributed by atoms with van der Waals surface area (Å²) in [7, 11) is 0. The third-order valence-electron chi connectivity index (χ3n) is 4.09. The number of hydrogen-bond acceptors (Lipinski definition) is 3. The maximum atomic E-state index is 13.6. The topological polar surface area (TPSA) is 67.4 Å². The lowest BCUT2D eigenvalue weighted by Crippen LogP contribution is -2.15. The quantitative estimate of drug-likeness (QED) is 0.781. The van der Waals surface area contributed by atoms with Crippen LogP contribution in [0.15, 0.2) is 42.5 Å². The predicted molar refractivity (Wildman–Crippen MR) is 97.9 cm³/mol. The zero-order valence-corrected chi connectivity index (χ0v) is 14.5. The molecule has 0 unspecified atom stereocenters. The van der Waals surface area contributed by atoms with Gasteiger partial charge in [0.2, 0.25) is 5.91 Å². The molecule has 1 saturated carbocycles. The summed E-state index contributed by atoms with van der Waals surface area (Å²) in [5.41, 5.74) is 1.18. The van der Waals surface area contributed by atoms with Crippen molar-refractivity contribution in [3.05, 3.63) is 53.8 Å². The molecule has 0 spiro atoms. The minimum absolute atomic E-state index is 0.136. The van der Waals surface area contributed by atoms with Crippen molar-refractivity contribution >= 4 is 23.2 Å². The Kier molecular flexibility index (Phi) is 5.51. The van der Waals surface area contributed by atoms with E-state index in [-0.39, 0.29) is 5.91 Å². The Labute approximate surface area is 151 Å². The van der Waals surface area contributed by atoms with Gasteiger partial charge in [0.15, 0.2) is 0 Å². The molecule has 0 heterocycles. The second-order valence-corrected chi connectivity index (χ2v) is 6.33. The molecule has 26 heavy (non-hydrogen) atoms. The number of carbonyl (C=O) groups is 2. The molecule has 0 bridgehead atoms. The van der Waals surface area contributed by atoms with Gasteiger partial charge in [-0.2, -0.15) is 0 Å². The number of carbonyl (C=O) groups excluding carboxylic acids is 2. The van der Waals surface area contributed by atoms with Gasteiger partial charge in [0, 0.05) is 23.7 Å². The van der Waals surface area contributed by atoms with Gasteiger partial charge in [-0.3, -0.25) is 9.59 Å². The Morgan fingerprint density at radius 1 is 1.15 bits per heavy atom. The number of benzene rings is 2. The highest BCUT2D eigenvalue weighted by molar-refractivity contribution is 6.06. The van der Waals surface area contributed by atoms with Crippen LogP contribution in [0.1, 0.15) is 36.5 Å². The third kappa shape index (κ3) is 4.81. The number of anilines is 2.